The Hall–Kier alpha value is -3.15. The Bertz CT molecular complexity index is 868. The van der Waals surface area contributed by atoms with E-state index in [0.29, 0.717) is 31.3 Å². The first-order valence-electron chi connectivity index (χ1n) is 9.38. The number of nitrogens with zero attached hydrogens (tertiary/aromatic N) is 3. The highest BCUT2D eigenvalue weighted by atomic mass is 19.4. The topological polar surface area (TPSA) is 115 Å². The van der Waals surface area contributed by atoms with Crippen LogP contribution in [0.25, 0.3) is 0 Å². The number of aromatic nitrogens is 2. The fraction of sp³-hybridized carbons (Fsp3) is 0.474. The zero-order valence-electron chi connectivity index (χ0n) is 16.2. The van der Waals surface area contributed by atoms with Crippen LogP contribution >= 0.6 is 0 Å². The predicted molar refractivity (Wildman–Crippen MR) is 97.3 cm³/mol. The number of piperidine rings is 1. The number of hydrogen-bond acceptors (Lipinski definition) is 7. The summed E-state index contributed by atoms with van der Waals surface area (Å²) in [6.07, 6.45) is 1.74. The zero-order valence-corrected chi connectivity index (χ0v) is 16.2. The summed E-state index contributed by atoms with van der Waals surface area (Å²) in [4.78, 5) is 31.1. The molecule has 168 valence electrons. The molecule has 2 aromatic rings. The Morgan fingerprint density at radius 1 is 1.23 bits per heavy atom. The molecule has 1 N–H and O–H groups in total. The van der Waals surface area contributed by atoms with Gasteiger partial charge in [0.15, 0.2) is 12.1 Å². The van der Waals surface area contributed by atoms with Crippen LogP contribution in [0.4, 0.5) is 13.2 Å². The molecule has 1 spiro atoms. The van der Waals surface area contributed by atoms with Gasteiger partial charge in [0, 0.05) is 31.8 Å². The number of amides is 1. The zero-order chi connectivity index (χ0) is 22.5. The lowest BCUT2D eigenvalue weighted by Crippen LogP contribution is -2.46. The van der Waals surface area contributed by atoms with Crippen molar-refractivity contribution >= 4 is 11.9 Å². The molecule has 0 radical (unpaired) electrons. The number of carbonyl (C=O) groups is 2. The Morgan fingerprint density at radius 2 is 1.94 bits per heavy atom. The smallest absolute Gasteiger partial charge is 0.475 e. The summed E-state index contributed by atoms with van der Waals surface area (Å²) in [6.45, 7) is 1.87. The van der Waals surface area contributed by atoms with Crippen LogP contribution in [0.3, 0.4) is 0 Å². The Labute approximate surface area is 174 Å². The van der Waals surface area contributed by atoms with Gasteiger partial charge in [-0.25, -0.2) is 14.8 Å². The van der Waals surface area contributed by atoms with Gasteiger partial charge in [0.2, 0.25) is 5.88 Å². The van der Waals surface area contributed by atoms with Crippen LogP contribution in [0.5, 0.6) is 5.88 Å². The molecule has 4 rings (SSSR count). The van der Waals surface area contributed by atoms with Crippen LogP contribution in [0.2, 0.25) is 0 Å². The number of likely N-dealkylation sites (tertiary alicyclic amines) is 1. The highest BCUT2D eigenvalue weighted by Crippen LogP contribution is 2.37. The van der Waals surface area contributed by atoms with Gasteiger partial charge >= 0.3 is 12.1 Å². The summed E-state index contributed by atoms with van der Waals surface area (Å²) in [6, 6.07) is 5.62. The molecule has 0 aromatic carbocycles. The minimum absolute atomic E-state index is 0.0118. The maximum atomic E-state index is 12.3. The highest BCUT2D eigenvalue weighted by molar-refractivity contribution is 5.91. The van der Waals surface area contributed by atoms with E-state index in [2.05, 4.69) is 9.97 Å². The minimum atomic E-state index is -5.08. The lowest BCUT2D eigenvalue weighted by atomic mass is 9.88. The molecule has 9 nitrogen and oxygen atoms in total. The first kappa shape index (κ1) is 22.5. The molecular formula is C19H20F3N3O6. The predicted octanol–water partition coefficient (Wildman–Crippen LogP) is 2.55. The fourth-order valence-corrected chi connectivity index (χ4v) is 3.41. The molecule has 4 heterocycles. The van der Waals surface area contributed by atoms with Gasteiger partial charge in [-0.15, -0.1) is 0 Å². The molecule has 2 aromatic heterocycles. The second-order valence-corrected chi connectivity index (χ2v) is 7.07. The summed E-state index contributed by atoms with van der Waals surface area (Å²) in [5, 5.41) is 7.12. The molecule has 0 saturated carbocycles. The second-order valence-electron chi connectivity index (χ2n) is 7.07. The van der Waals surface area contributed by atoms with Gasteiger partial charge in [0.05, 0.1) is 12.2 Å². The second kappa shape index (κ2) is 9.33. The number of oxazole rings is 1. The van der Waals surface area contributed by atoms with Crippen LogP contribution in [-0.4, -0.2) is 69.4 Å². The highest BCUT2D eigenvalue weighted by Gasteiger charge is 2.44. The van der Waals surface area contributed by atoms with E-state index >= 15 is 0 Å². The normalized spacial score (nSPS) is 20.1. The SMILES string of the molecule is O=C(O)C(F)(F)F.O=C(c1cocn1)N1CCC2(CC1)CC(Oc1ccccn1)CO2. The third-order valence-electron chi connectivity index (χ3n) is 4.96. The summed E-state index contributed by atoms with van der Waals surface area (Å²) in [5.74, 6) is -2.22. The van der Waals surface area contributed by atoms with Crippen molar-refractivity contribution in [1.82, 2.24) is 14.9 Å². The molecule has 2 aliphatic heterocycles. The molecular weight excluding hydrogens is 423 g/mol. The summed E-state index contributed by atoms with van der Waals surface area (Å²) >= 11 is 0. The van der Waals surface area contributed by atoms with Gasteiger partial charge in [0.1, 0.15) is 12.4 Å². The van der Waals surface area contributed by atoms with Gasteiger partial charge in [-0.2, -0.15) is 13.2 Å². The molecule has 31 heavy (non-hydrogen) atoms. The monoisotopic (exact) mass is 443 g/mol. The van der Waals surface area contributed by atoms with E-state index in [4.69, 9.17) is 23.8 Å². The van der Waals surface area contributed by atoms with Gasteiger partial charge in [-0.05, 0) is 18.9 Å². The van der Waals surface area contributed by atoms with Crippen LogP contribution in [0, 0.1) is 0 Å². The van der Waals surface area contributed by atoms with E-state index in [1.807, 2.05) is 18.2 Å². The number of aliphatic carboxylic acids is 1. The molecule has 1 unspecified atom stereocenters. The van der Waals surface area contributed by atoms with Gasteiger partial charge in [-0.3, -0.25) is 4.79 Å². The van der Waals surface area contributed by atoms with E-state index in [-0.39, 0.29) is 17.6 Å². The average molecular weight is 443 g/mol. The van der Waals surface area contributed by atoms with Crippen molar-refractivity contribution in [3.05, 3.63) is 42.7 Å². The van der Waals surface area contributed by atoms with E-state index in [1.54, 1.807) is 11.1 Å². The number of carboxylic acids is 1. The number of hydrogen-bond donors (Lipinski definition) is 1. The molecule has 2 aliphatic rings. The third kappa shape index (κ3) is 5.94. The number of alkyl halides is 3. The van der Waals surface area contributed by atoms with Crippen molar-refractivity contribution < 1.29 is 41.8 Å². The quantitative estimate of drug-likeness (QED) is 0.770. The van der Waals surface area contributed by atoms with Crippen molar-refractivity contribution in [2.75, 3.05) is 19.7 Å². The number of ether oxygens (including phenoxy) is 2. The van der Waals surface area contributed by atoms with Crippen LogP contribution in [0.15, 0.2) is 41.5 Å². The van der Waals surface area contributed by atoms with E-state index in [9.17, 15) is 18.0 Å². The Morgan fingerprint density at radius 3 is 2.48 bits per heavy atom. The summed E-state index contributed by atoms with van der Waals surface area (Å²) in [7, 11) is 0. The van der Waals surface area contributed by atoms with Gasteiger partial charge in [0.25, 0.3) is 5.91 Å². The number of halogens is 3. The lowest BCUT2D eigenvalue weighted by molar-refractivity contribution is -0.192. The van der Waals surface area contributed by atoms with Crippen molar-refractivity contribution in [1.29, 1.82) is 0 Å². The van der Waals surface area contributed by atoms with Crippen molar-refractivity contribution in [3.8, 4) is 5.88 Å². The number of carboxylic acid groups (broad SMARTS) is 1. The van der Waals surface area contributed by atoms with Crippen LogP contribution in [-0.2, 0) is 9.53 Å². The van der Waals surface area contributed by atoms with Crippen molar-refractivity contribution in [2.45, 2.75) is 37.1 Å². The molecule has 2 fully saturated rings. The minimum Gasteiger partial charge on any atom is -0.475 e. The average Bonchev–Trinajstić information content (AvgIpc) is 3.40. The molecule has 0 aliphatic carbocycles. The lowest BCUT2D eigenvalue weighted by Gasteiger charge is -2.38. The first-order chi connectivity index (χ1) is 14.7. The first-order valence-corrected chi connectivity index (χ1v) is 9.38. The van der Waals surface area contributed by atoms with E-state index in [0.717, 1.165) is 19.3 Å². The molecule has 1 atom stereocenters. The van der Waals surface area contributed by atoms with E-state index in [1.165, 1.54) is 12.7 Å². The molecule has 1 amide bonds. The maximum Gasteiger partial charge on any atom is 0.490 e. The molecule has 2 saturated heterocycles. The number of pyridine rings is 1. The van der Waals surface area contributed by atoms with Crippen LogP contribution in [0.1, 0.15) is 29.8 Å². The molecule has 0 bridgehead atoms. The number of carbonyl (C=O) groups excluding carboxylic acids is 1. The number of rotatable bonds is 3. The standard InChI is InChI=1S/C17H19N3O4.C2HF3O2/c21-16(14-11-22-12-19-14)20-7-4-17(5-8-20)9-13(10-23-17)24-15-3-1-2-6-18-15;3-2(4,5)1(6)7/h1-3,6,11-13H,4-5,7-10H2;(H,6,7). The maximum absolute atomic E-state index is 12.3. The third-order valence-corrected chi connectivity index (χ3v) is 4.96. The molecule has 12 heteroatoms. The summed E-state index contributed by atoms with van der Waals surface area (Å²) in [5.41, 5.74) is 0.162. The largest absolute Gasteiger partial charge is 0.490 e. The van der Waals surface area contributed by atoms with Crippen molar-refractivity contribution in [3.63, 3.8) is 0 Å². The van der Waals surface area contributed by atoms with Crippen LogP contribution < -0.4 is 4.74 Å². The van der Waals surface area contributed by atoms with E-state index < -0.39 is 12.1 Å². The Balaban J connectivity index is 0.000000339. The van der Waals surface area contributed by atoms with Gasteiger partial charge < -0.3 is 23.9 Å². The van der Waals surface area contributed by atoms with Gasteiger partial charge in [-0.1, -0.05) is 6.07 Å². The summed E-state index contributed by atoms with van der Waals surface area (Å²) < 4.78 is 48.6. The Kier molecular flexibility index (Phi) is 6.78. The fourth-order valence-electron chi connectivity index (χ4n) is 3.41. The van der Waals surface area contributed by atoms with Crippen molar-refractivity contribution in [2.24, 2.45) is 0 Å².